The van der Waals surface area contributed by atoms with Crippen molar-refractivity contribution < 1.29 is 14.3 Å². The maximum Gasteiger partial charge on any atom is 0.338 e. The lowest BCUT2D eigenvalue weighted by Crippen LogP contribution is -2.02. The summed E-state index contributed by atoms with van der Waals surface area (Å²) < 4.78 is 14.0. The second-order valence-corrected chi connectivity index (χ2v) is 5.40. The molecule has 0 aliphatic carbocycles. The third-order valence-electron chi connectivity index (χ3n) is 3.63. The highest BCUT2D eigenvalue weighted by Gasteiger charge is 2.14. The number of aromatic carboxylic acids is 1. The molecule has 0 spiro atoms. The van der Waals surface area contributed by atoms with E-state index in [1.165, 1.54) is 18.5 Å². The van der Waals surface area contributed by atoms with Crippen LogP contribution in [0.5, 0.6) is 0 Å². The molecule has 0 unspecified atom stereocenters. The number of carboxylic acids is 1. The van der Waals surface area contributed by atoms with Crippen LogP contribution in [0.2, 0.25) is 0 Å². The van der Waals surface area contributed by atoms with Gasteiger partial charge < -0.3 is 10.8 Å². The molecule has 0 saturated heterocycles. The van der Waals surface area contributed by atoms with Gasteiger partial charge in [-0.3, -0.25) is 0 Å². The number of aryl methyl sites for hydroxylation is 1. The van der Waals surface area contributed by atoms with Gasteiger partial charge in [0.15, 0.2) is 0 Å². The number of aromatic nitrogens is 3. The summed E-state index contributed by atoms with van der Waals surface area (Å²) in [6.45, 7) is 1.76. The highest BCUT2D eigenvalue weighted by atomic mass is 19.1. The Morgan fingerprint density at radius 3 is 2.62 bits per heavy atom. The molecule has 0 radical (unpaired) electrons. The van der Waals surface area contributed by atoms with Crippen LogP contribution >= 0.6 is 0 Å². The van der Waals surface area contributed by atoms with E-state index in [2.05, 4.69) is 26.8 Å². The minimum Gasteiger partial charge on any atom is -0.478 e. The highest BCUT2D eigenvalue weighted by molar-refractivity contribution is 5.88. The number of hydrogen-bond acceptors (Lipinski definition) is 5. The lowest BCUT2D eigenvalue weighted by Gasteiger charge is -2.07. The summed E-state index contributed by atoms with van der Waals surface area (Å²) >= 11 is 0. The Balaban J connectivity index is 2.08. The van der Waals surface area contributed by atoms with Crippen LogP contribution in [0.1, 0.15) is 27.2 Å². The molecule has 0 amide bonds. The SMILES string of the molecule is Cc1ncnc(-c2ccc(C(=O)O)c(F)c2)c1C#Cc1ccc(N)nc1. The van der Waals surface area contributed by atoms with Crippen LogP contribution in [-0.4, -0.2) is 26.0 Å². The fourth-order valence-electron chi connectivity index (χ4n) is 2.29. The molecule has 0 saturated carbocycles. The Hall–Kier alpha value is -3.79. The zero-order valence-corrected chi connectivity index (χ0v) is 13.7. The van der Waals surface area contributed by atoms with Crippen LogP contribution < -0.4 is 5.73 Å². The number of anilines is 1. The molecule has 0 atom stereocenters. The molecule has 2 heterocycles. The summed E-state index contributed by atoms with van der Waals surface area (Å²) in [7, 11) is 0. The van der Waals surface area contributed by atoms with E-state index >= 15 is 0 Å². The Kier molecular flexibility index (Phi) is 4.58. The van der Waals surface area contributed by atoms with Gasteiger partial charge in [0, 0.05) is 17.3 Å². The number of nitrogen functional groups attached to an aromatic ring is 1. The fraction of sp³-hybridized carbons (Fsp3) is 0.0526. The first-order chi connectivity index (χ1) is 12.5. The number of rotatable bonds is 2. The molecule has 0 aliphatic heterocycles. The van der Waals surface area contributed by atoms with Gasteiger partial charge in [0.1, 0.15) is 18.0 Å². The standard InChI is InChI=1S/C19H13FN4O2/c1-11-14(5-2-12-3-7-17(21)22-9-12)18(24-10-23-11)13-4-6-15(19(25)26)16(20)8-13/h3-4,6-10H,1H3,(H2,21,22)(H,25,26). The number of halogens is 1. The van der Waals surface area contributed by atoms with E-state index in [-0.39, 0.29) is 0 Å². The summed E-state index contributed by atoms with van der Waals surface area (Å²) in [6.07, 6.45) is 2.89. The molecule has 0 aliphatic rings. The van der Waals surface area contributed by atoms with E-state index < -0.39 is 17.3 Å². The summed E-state index contributed by atoms with van der Waals surface area (Å²) in [6, 6.07) is 7.19. The number of benzene rings is 1. The predicted octanol–water partition coefficient (Wildman–Crippen LogP) is 2.67. The van der Waals surface area contributed by atoms with Crippen LogP contribution in [0.15, 0.2) is 42.9 Å². The summed E-state index contributed by atoms with van der Waals surface area (Å²) in [4.78, 5) is 23.3. The molecule has 2 aromatic heterocycles. The van der Waals surface area contributed by atoms with Crippen LogP contribution in [0.25, 0.3) is 11.3 Å². The number of nitrogens with two attached hydrogens (primary N) is 1. The van der Waals surface area contributed by atoms with E-state index in [9.17, 15) is 9.18 Å². The Morgan fingerprint density at radius 1 is 1.15 bits per heavy atom. The van der Waals surface area contributed by atoms with Crippen molar-refractivity contribution in [3.05, 3.63) is 71.1 Å². The first-order valence-corrected chi connectivity index (χ1v) is 7.54. The third-order valence-corrected chi connectivity index (χ3v) is 3.63. The van der Waals surface area contributed by atoms with Gasteiger partial charge >= 0.3 is 5.97 Å². The average molecular weight is 348 g/mol. The smallest absolute Gasteiger partial charge is 0.338 e. The predicted molar refractivity (Wildman–Crippen MR) is 93.8 cm³/mol. The summed E-state index contributed by atoms with van der Waals surface area (Å²) in [5.74, 6) is 4.15. The van der Waals surface area contributed by atoms with Crippen LogP contribution in [0, 0.1) is 24.6 Å². The molecule has 26 heavy (non-hydrogen) atoms. The molecular weight excluding hydrogens is 335 g/mol. The topological polar surface area (TPSA) is 102 Å². The van der Waals surface area contributed by atoms with Gasteiger partial charge in [-0.25, -0.2) is 24.1 Å². The average Bonchev–Trinajstić information content (AvgIpc) is 2.61. The Bertz CT molecular complexity index is 1050. The van der Waals surface area contributed by atoms with E-state index in [4.69, 9.17) is 10.8 Å². The van der Waals surface area contributed by atoms with Crippen molar-refractivity contribution in [1.29, 1.82) is 0 Å². The van der Waals surface area contributed by atoms with E-state index in [0.717, 1.165) is 6.07 Å². The van der Waals surface area contributed by atoms with Gasteiger partial charge in [-0.05, 0) is 31.2 Å². The van der Waals surface area contributed by atoms with E-state index in [1.54, 1.807) is 25.3 Å². The van der Waals surface area contributed by atoms with Crippen LogP contribution in [0.4, 0.5) is 10.2 Å². The van der Waals surface area contributed by atoms with E-state index in [1.807, 2.05) is 0 Å². The largest absolute Gasteiger partial charge is 0.478 e. The van der Waals surface area contributed by atoms with Gasteiger partial charge in [-0.2, -0.15) is 0 Å². The van der Waals surface area contributed by atoms with Gasteiger partial charge in [0.2, 0.25) is 0 Å². The molecule has 6 nitrogen and oxygen atoms in total. The Morgan fingerprint density at radius 2 is 1.96 bits per heavy atom. The number of nitrogens with zero attached hydrogens (tertiary/aromatic N) is 3. The number of pyridine rings is 1. The minimum absolute atomic E-state index is 0.393. The van der Waals surface area contributed by atoms with Gasteiger partial charge in [0.05, 0.1) is 22.5 Å². The van der Waals surface area contributed by atoms with Crippen LogP contribution in [0.3, 0.4) is 0 Å². The fourth-order valence-corrected chi connectivity index (χ4v) is 2.29. The van der Waals surface area contributed by atoms with Gasteiger partial charge in [0.25, 0.3) is 0 Å². The van der Waals surface area contributed by atoms with Crippen molar-refractivity contribution in [2.24, 2.45) is 0 Å². The normalized spacial score (nSPS) is 10.1. The number of carboxylic acid groups (broad SMARTS) is 1. The van der Waals surface area contributed by atoms with Crippen molar-refractivity contribution in [3.8, 4) is 23.1 Å². The van der Waals surface area contributed by atoms with Crippen molar-refractivity contribution in [1.82, 2.24) is 15.0 Å². The molecule has 3 aromatic rings. The zero-order valence-electron chi connectivity index (χ0n) is 13.7. The second-order valence-electron chi connectivity index (χ2n) is 5.40. The third kappa shape index (κ3) is 3.49. The zero-order chi connectivity index (χ0) is 18.7. The monoisotopic (exact) mass is 348 g/mol. The maximum absolute atomic E-state index is 14.0. The molecule has 3 N–H and O–H groups in total. The highest BCUT2D eigenvalue weighted by Crippen LogP contribution is 2.24. The molecule has 1 aromatic carbocycles. The van der Waals surface area contributed by atoms with Crippen molar-refractivity contribution >= 4 is 11.8 Å². The number of carbonyl (C=O) groups is 1. The summed E-state index contributed by atoms with van der Waals surface area (Å²) in [5, 5.41) is 8.95. The molecule has 3 rings (SSSR count). The van der Waals surface area contributed by atoms with Gasteiger partial charge in [-0.15, -0.1) is 0 Å². The van der Waals surface area contributed by atoms with E-state index in [0.29, 0.717) is 33.9 Å². The van der Waals surface area contributed by atoms with Crippen molar-refractivity contribution in [2.75, 3.05) is 5.73 Å². The molecule has 0 bridgehead atoms. The maximum atomic E-state index is 14.0. The molecular formula is C19H13FN4O2. The number of hydrogen-bond donors (Lipinski definition) is 2. The Labute approximate surface area is 148 Å². The van der Waals surface area contributed by atoms with Gasteiger partial charge in [-0.1, -0.05) is 17.9 Å². The first kappa shape index (κ1) is 17.0. The lowest BCUT2D eigenvalue weighted by molar-refractivity contribution is 0.0692. The molecule has 128 valence electrons. The first-order valence-electron chi connectivity index (χ1n) is 7.54. The van der Waals surface area contributed by atoms with Crippen LogP contribution in [-0.2, 0) is 0 Å². The molecule has 7 heteroatoms. The second kappa shape index (κ2) is 6.99. The van der Waals surface area contributed by atoms with Crippen molar-refractivity contribution in [2.45, 2.75) is 6.92 Å². The van der Waals surface area contributed by atoms with Crippen molar-refractivity contribution in [3.63, 3.8) is 0 Å². The summed E-state index contributed by atoms with van der Waals surface area (Å²) in [5.41, 5.74) is 7.77. The minimum atomic E-state index is -1.33. The quantitative estimate of drug-likeness (QED) is 0.690. The lowest BCUT2D eigenvalue weighted by atomic mass is 10.0. The molecule has 0 fully saturated rings.